The zero-order valence-corrected chi connectivity index (χ0v) is 13.2. The summed E-state index contributed by atoms with van der Waals surface area (Å²) in [5, 5.41) is 9.29. The Kier molecular flexibility index (Phi) is 4.99. The van der Waals surface area contributed by atoms with Crippen molar-refractivity contribution in [2.24, 2.45) is 5.92 Å². The Balaban J connectivity index is 0.000000254. The van der Waals surface area contributed by atoms with Gasteiger partial charge in [0.05, 0.1) is 11.4 Å². The summed E-state index contributed by atoms with van der Waals surface area (Å²) in [5.74, 6) is -0.972. The number of benzene rings is 2. The van der Waals surface area contributed by atoms with E-state index in [1.165, 1.54) is 22.3 Å². The van der Waals surface area contributed by atoms with E-state index in [1.54, 1.807) is 13.8 Å². The lowest BCUT2D eigenvalue weighted by atomic mass is 10.2. The number of rotatable bonds is 2. The number of aromatic nitrogens is 1. The molecular weight excluding hydrogens is 274 g/mol. The van der Waals surface area contributed by atoms with Crippen molar-refractivity contribution >= 4 is 16.9 Å². The number of hydrogen-bond acceptors (Lipinski definition) is 1. The van der Waals surface area contributed by atoms with Gasteiger partial charge in [0.1, 0.15) is 0 Å². The number of carboxylic acids is 1. The van der Waals surface area contributed by atoms with Gasteiger partial charge in [-0.2, -0.15) is 0 Å². The number of carboxylic acid groups (broad SMARTS) is 1. The second kappa shape index (κ2) is 6.94. The molecule has 0 bridgehead atoms. The maximum absolute atomic E-state index is 9.70. The van der Waals surface area contributed by atoms with Crippen molar-refractivity contribution in [3.05, 3.63) is 66.4 Å². The average Bonchev–Trinajstić information content (AvgIpc) is 2.84. The summed E-state index contributed by atoms with van der Waals surface area (Å²) in [6.45, 7) is 5.43. The van der Waals surface area contributed by atoms with Crippen LogP contribution in [0.5, 0.6) is 0 Å². The Morgan fingerprint density at radius 2 is 1.55 bits per heavy atom. The Morgan fingerprint density at radius 1 is 1.00 bits per heavy atom. The van der Waals surface area contributed by atoms with Crippen molar-refractivity contribution in [3.8, 4) is 5.69 Å². The Morgan fingerprint density at radius 3 is 2.14 bits per heavy atom. The maximum Gasteiger partial charge on any atom is 0.305 e. The van der Waals surface area contributed by atoms with Gasteiger partial charge in [-0.25, -0.2) is 0 Å². The highest BCUT2D eigenvalue weighted by molar-refractivity contribution is 5.83. The molecule has 3 rings (SSSR count). The van der Waals surface area contributed by atoms with E-state index in [2.05, 4.69) is 66.1 Å². The quantitative estimate of drug-likeness (QED) is 0.746. The summed E-state index contributed by atoms with van der Waals surface area (Å²) in [4.78, 5) is 9.70. The van der Waals surface area contributed by atoms with Crippen LogP contribution in [0.3, 0.4) is 0 Å². The zero-order valence-electron chi connectivity index (χ0n) is 13.2. The molecule has 0 aliphatic heterocycles. The molecule has 0 unspecified atom stereocenters. The molecule has 0 radical (unpaired) electrons. The van der Waals surface area contributed by atoms with Crippen molar-refractivity contribution in [1.82, 2.24) is 4.57 Å². The molecule has 3 aromatic rings. The zero-order chi connectivity index (χ0) is 16.1. The number of nitrogens with zero attached hydrogens (tertiary/aromatic N) is 1. The first kappa shape index (κ1) is 15.8. The smallest absolute Gasteiger partial charge is 0.305 e. The third-order valence-corrected chi connectivity index (χ3v) is 3.40. The monoisotopic (exact) mass is 295 g/mol. The van der Waals surface area contributed by atoms with Crippen LogP contribution >= 0.6 is 0 Å². The molecule has 1 aromatic heterocycles. The predicted molar refractivity (Wildman–Crippen MR) is 90.5 cm³/mol. The Hall–Kier alpha value is -2.55. The highest BCUT2D eigenvalue weighted by Crippen LogP contribution is 2.23. The summed E-state index contributed by atoms with van der Waals surface area (Å²) in [5.41, 5.74) is 3.76. The van der Waals surface area contributed by atoms with Crippen LogP contribution in [0.1, 0.15) is 19.5 Å². The van der Waals surface area contributed by atoms with Gasteiger partial charge >= 0.3 is 5.97 Å². The van der Waals surface area contributed by atoms with Crippen molar-refractivity contribution in [3.63, 3.8) is 0 Å². The second-order valence-corrected chi connectivity index (χ2v) is 5.51. The molecule has 0 spiro atoms. The predicted octanol–water partition coefficient (Wildman–Crippen LogP) is 4.67. The molecule has 0 saturated heterocycles. The van der Waals surface area contributed by atoms with E-state index in [9.17, 15) is 4.79 Å². The summed E-state index contributed by atoms with van der Waals surface area (Å²) in [6.07, 6.45) is 0. The molecule has 22 heavy (non-hydrogen) atoms. The molecule has 114 valence electrons. The SMILES string of the molecule is CC(C)C(=O)O.Cc1cc2ccccc2n1-c1ccccc1. The summed E-state index contributed by atoms with van der Waals surface area (Å²) in [7, 11) is 0. The molecule has 3 heteroatoms. The van der Waals surface area contributed by atoms with Crippen molar-refractivity contribution in [1.29, 1.82) is 0 Å². The average molecular weight is 295 g/mol. The molecule has 0 amide bonds. The van der Waals surface area contributed by atoms with Gasteiger partial charge in [0.2, 0.25) is 0 Å². The van der Waals surface area contributed by atoms with Crippen LogP contribution in [0.25, 0.3) is 16.6 Å². The van der Waals surface area contributed by atoms with Crippen molar-refractivity contribution < 1.29 is 9.90 Å². The number of hydrogen-bond donors (Lipinski definition) is 1. The fourth-order valence-corrected chi connectivity index (χ4v) is 2.21. The standard InChI is InChI=1S/C15H13N.C4H8O2/c1-12-11-13-7-5-6-10-15(13)16(12)14-8-3-2-4-9-14;1-3(2)4(5)6/h2-11H,1H3;3H,1-2H3,(H,5,6). The lowest BCUT2D eigenvalue weighted by Gasteiger charge is -2.07. The summed E-state index contributed by atoms with van der Waals surface area (Å²) >= 11 is 0. The minimum absolute atomic E-state index is 0.231. The number of aryl methyl sites for hydroxylation is 1. The Bertz CT molecular complexity index is 757. The third-order valence-electron chi connectivity index (χ3n) is 3.40. The van der Waals surface area contributed by atoms with Gasteiger partial charge < -0.3 is 9.67 Å². The van der Waals surface area contributed by atoms with Crippen LogP contribution in [-0.2, 0) is 4.79 Å². The van der Waals surface area contributed by atoms with Crippen LogP contribution in [0.2, 0.25) is 0 Å². The van der Waals surface area contributed by atoms with Crippen molar-refractivity contribution in [2.45, 2.75) is 20.8 Å². The van der Waals surface area contributed by atoms with Crippen LogP contribution < -0.4 is 0 Å². The van der Waals surface area contributed by atoms with Gasteiger partial charge in [0, 0.05) is 16.8 Å². The molecular formula is C19H21NO2. The molecule has 0 aliphatic carbocycles. The van der Waals surface area contributed by atoms with Gasteiger partial charge in [-0.3, -0.25) is 4.79 Å². The number of fused-ring (bicyclic) bond motifs is 1. The van der Waals surface area contributed by atoms with Gasteiger partial charge in [-0.15, -0.1) is 0 Å². The van der Waals surface area contributed by atoms with E-state index in [4.69, 9.17) is 5.11 Å². The largest absolute Gasteiger partial charge is 0.481 e. The topological polar surface area (TPSA) is 42.2 Å². The fourth-order valence-electron chi connectivity index (χ4n) is 2.21. The molecule has 1 N–H and O–H groups in total. The first-order chi connectivity index (χ1) is 10.5. The van der Waals surface area contributed by atoms with E-state index >= 15 is 0 Å². The van der Waals surface area contributed by atoms with Gasteiger partial charge in [-0.1, -0.05) is 50.2 Å². The Labute approximate surface area is 130 Å². The van der Waals surface area contributed by atoms with E-state index in [0.717, 1.165) is 0 Å². The molecule has 1 heterocycles. The highest BCUT2D eigenvalue weighted by atomic mass is 16.4. The second-order valence-electron chi connectivity index (χ2n) is 5.51. The minimum atomic E-state index is -0.741. The lowest BCUT2D eigenvalue weighted by Crippen LogP contribution is -2.03. The van der Waals surface area contributed by atoms with Gasteiger partial charge in [0.15, 0.2) is 0 Å². The van der Waals surface area contributed by atoms with E-state index in [1.807, 2.05) is 6.07 Å². The number of carbonyl (C=O) groups is 1. The van der Waals surface area contributed by atoms with E-state index in [0.29, 0.717) is 0 Å². The van der Waals surface area contributed by atoms with Crippen LogP contribution in [0.15, 0.2) is 60.7 Å². The minimum Gasteiger partial charge on any atom is -0.481 e. The third kappa shape index (κ3) is 3.55. The first-order valence-electron chi connectivity index (χ1n) is 7.36. The lowest BCUT2D eigenvalue weighted by molar-refractivity contribution is -0.140. The molecule has 0 aliphatic rings. The first-order valence-corrected chi connectivity index (χ1v) is 7.36. The van der Waals surface area contributed by atoms with Crippen molar-refractivity contribution in [2.75, 3.05) is 0 Å². The molecule has 0 fully saturated rings. The molecule has 0 saturated carbocycles. The molecule has 0 atom stereocenters. The van der Waals surface area contributed by atoms with Gasteiger partial charge in [-0.05, 0) is 31.2 Å². The van der Waals surface area contributed by atoms with E-state index in [-0.39, 0.29) is 5.92 Å². The maximum atomic E-state index is 9.70. The summed E-state index contributed by atoms with van der Waals surface area (Å²) < 4.78 is 2.29. The van der Waals surface area contributed by atoms with Crippen LogP contribution in [0, 0.1) is 12.8 Å². The number of para-hydroxylation sites is 2. The van der Waals surface area contributed by atoms with E-state index < -0.39 is 5.97 Å². The molecule has 3 nitrogen and oxygen atoms in total. The molecule has 2 aromatic carbocycles. The highest BCUT2D eigenvalue weighted by Gasteiger charge is 2.05. The van der Waals surface area contributed by atoms with Gasteiger partial charge in [0.25, 0.3) is 0 Å². The van der Waals surface area contributed by atoms with Crippen LogP contribution in [0.4, 0.5) is 0 Å². The van der Waals surface area contributed by atoms with Crippen LogP contribution in [-0.4, -0.2) is 15.6 Å². The summed E-state index contributed by atoms with van der Waals surface area (Å²) in [6, 6.07) is 21.2. The fraction of sp³-hybridized carbons (Fsp3) is 0.211. The number of aliphatic carboxylic acids is 1. The normalized spacial score (nSPS) is 10.4.